The van der Waals surface area contributed by atoms with Crippen molar-refractivity contribution in [3.05, 3.63) is 59.7 Å². The molecular formula is C18H18F3N3O2. The van der Waals surface area contributed by atoms with E-state index in [-0.39, 0.29) is 17.8 Å². The summed E-state index contributed by atoms with van der Waals surface area (Å²) in [5.41, 5.74) is 0.279. The van der Waals surface area contributed by atoms with Gasteiger partial charge in [-0.15, -0.1) is 0 Å². The normalized spacial score (nSPS) is 11.2. The molecule has 2 rings (SSSR count). The number of nitrogens with one attached hydrogen (secondary N) is 3. The van der Waals surface area contributed by atoms with E-state index in [1.807, 2.05) is 13.8 Å². The quantitative estimate of drug-likeness (QED) is 0.747. The number of anilines is 2. The number of benzene rings is 2. The van der Waals surface area contributed by atoms with Gasteiger partial charge in [0.25, 0.3) is 5.91 Å². The number of halogens is 3. The number of carbonyl (C=O) groups excluding carboxylic acids is 2. The second-order valence-electron chi connectivity index (χ2n) is 5.86. The summed E-state index contributed by atoms with van der Waals surface area (Å²) in [6.45, 7) is 3.66. The summed E-state index contributed by atoms with van der Waals surface area (Å²) in [5, 5.41) is 7.81. The van der Waals surface area contributed by atoms with Gasteiger partial charge in [0.15, 0.2) is 0 Å². The highest BCUT2D eigenvalue weighted by Gasteiger charge is 2.29. The molecule has 138 valence electrons. The van der Waals surface area contributed by atoms with Gasteiger partial charge in [0.05, 0.1) is 5.56 Å². The molecule has 0 bridgehead atoms. The van der Waals surface area contributed by atoms with Gasteiger partial charge >= 0.3 is 12.2 Å². The molecule has 3 amide bonds. The van der Waals surface area contributed by atoms with E-state index >= 15 is 0 Å². The van der Waals surface area contributed by atoms with Gasteiger partial charge in [-0.1, -0.05) is 0 Å². The molecule has 0 radical (unpaired) electrons. The third kappa shape index (κ3) is 5.51. The Morgan fingerprint density at radius 3 is 1.85 bits per heavy atom. The van der Waals surface area contributed by atoms with E-state index in [4.69, 9.17) is 0 Å². The van der Waals surface area contributed by atoms with E-state index < -0.39 is 17.6 Å². The van der Waals surface area contributed by atoms with Gasteiger partial charge < -0.3 is 16.0 Å². The smallest absolute Gasteiger partial charge is 0.336 e. The lowest BCUT2D eigenvalue weighted by Crippen LogP contribution is -2.34. The number of alkyl halides is 3. The molecule has 0 fully saturated rings. The van der Waals surface area contributed by atoms with Crippen molar-refractivity contribution in [3.8, 4) is 0 Å². The van der Waals surface area contributed by atoms with Crippen LogP contribution in [-0.2, 0) is 6.18 Å². The molecular weight excluding hydrogens is 347 g/mol. The van der Waals surface area contributed by atoms with E-state index in [1.54, 1.807) is 12.1 Å². The summed E-state index contributed by atoms with van der Waals surface area (Å²) in [5.74, 6) is -0.469. The molecule has 0 saturated carbocycles. The fraction of sp³-hybridized carbons (Fsp3) is 0.222. The van der Waals surface area contributed by atoms with Crippen molar-refractivity contribution in [2.75, 3.05) is 10.6 Å². The molecule has 26 heavy (non-hydrogen) atoms. The summed E-state index contributed by atoms with van der Waals surface area (Å²) in [6.07, 6.45) is -4.42. The summed E-state index contributed by atoms with van der Waals surface area (Å²) >= 11 is 0. The SMILES string of the molecule is CC(C)NC(=O)Nc1ccc(C(=O)Nc2ccc(C(F)(F)F)cc2)cc1. The Bertz CT molecular complexity index is 770. The monoisotopic (exact) mass is 365 g/mol. The van der Waals surface area contributed by atoms with Gasteiger partial charge in [-0.25, -0.2) is 4.79 Å². The largest absolute Gasteiger partial charge is 0.416 e. The zero-order valence-electron chi connectivity index (χ0n) is 14.1. The predicted octanol–water partition coefficient (Wildman–Crippen LogP) is 4.49. The van der Waals surface area contributed by atoms with Gasteiger partial charge in [0.2, 0.25) is 0 Å². The standard InChI is InChI=1S/C18H18F3N3O2/c1-11(2)22-17(26)24-15-7-3-12(4-8-15)16(25)23-14-9-5-13(6-10-14)18(19,20)21/h3-11H,1-2H3,(H,23,25)(H2,22,24,26). The fourth-order valence-corrected chi connectivity index (χ4v) is 2.08. The Labute approximate surface area is 148 Å². The van der Waals surface area contributed by atoms with E-state index in [0.29, 0.717) is 11.3 Å². The van der Waals surface area contributed by atoms with Crippen LogP contribution >= 0.6 is 0 Å². The molecule has 0 spiro atoms. The minimum atomic E-state index is -4.42. The molecule has 0 heterocycles. The lowest BCUT2D eigenvalue weighted by molar-refractivity contribution is -0.137. The maximum Gasteiger partial charge on any atom is 0.416 e. The molecule has 0 aliphatic rings. The zero-order valence-corrected chi connectivity index (χ0v) is 14.1. The van der Waals surface area contributed by atoms with E-state index in [1.165, 1.54) is 24.3 Å². The number of hydrogen-bond donors (Lipinski definition) is 3. The Balaban J connectivity index is 1.98. The number of carbonyl (C=O) groups is 2. The van der Waals surface area contributed by atoms with Crippen LogP contribution < -0.4 is 16.0 Å². The van der Waals surface area contributed by atoms with Gasteiger partial charge in [0, 0.05) is 23.0 Å². The van der Waals surface area contributed by atoms with Crippen LogP contribution in [0.2, 0.25) is 0 Å². The maximum atomic E-state index is 12.5. The number of urea groups is 1. The van der Waals surface area contributed by atoms with Crippen molar-refractivity contribution < 1.29 is 22.8 Å². The fourth-order valence-electron chi connectivity index (χ4n) is 2.08. The second kappa shape index (κ2) is 7.90. The van der Waals surface area contributed by atoms with Crippen molar-refractivity contribution in [2.24, 2.45) is 0 Å². The lowest BCUT2D eigenvalue weighted by Gasteiger charge is -2.11. The lowest BCUT2D eigenvalue weighted by atomic mass is 10.1. The van der Waals surface area contributed by atoms with Crippen LogP contribution in [0.4, 0.5) is 29.3 Å². The van der Waals surface area contributed by atoms with Crippen LogP contribution in [0.3, 0.4) is 0 Å². The van der Waals surface area contributed by atoms with Gasteiger partial charge in [0.1, 0.15) is 0 Å². The second-order valence-corrected chi connectivity index (χ2v) is 5.86. The number of amides is 3. The highest BCUT2D eigenvalue weighted by molar-refractivity contribution is 6.04. The Kier molecular flexibility index (Phi) is 5.86. The van der Waals surface area contributed by atoms with Gasteiger partial charge in [-0.3, -0.25) is 4.79 Å². The van der Waals surface area contributed by atoms with Crippen LogP contribution in [0.15, 0.2) is 48.5 Å². The number of hydrogen-bond acceptors (Lipinski definition) is 2. The first-order valence-corrected chi connectivity index (χ1v) is 7.81. The molecule has 3 N–H and O–H groups in total. The molecule has 2 aromatic rings. The van der Waals surface area contributed by atoms with E-state index in [2.05, 4.69) is 16.0 Å². The Morgan fingerprint density at radius 1 is 0.846 bits per heavy atom. The predicted molar refractivity (Wildman–Crippen MR) is 93.1 cm³/mol. The number of rotatable bonds is 4. The van der Waals surface area contributed by atoms with Crippen LogP contribution in [0, 0.1) is 0 Å². The van der Waals surface area contributed by atoms with Crippen molar-refractivity contribution in [1.29, 1.82) is 0 Å². The molecule has 0 saturated heterocycles. The topological polar surface area (TPSA) is 70.2 Å². The van der Waals surface area contributed by atoms with Crippen molar-refractivity contribution >= 4 is 23.3 Å². The van der Waals surface area contributed by atoms with Crippen molar-refractivity contribution in [1.82, 2.24) is 5.32 Å². The van der Waals surface area contributed by atoms with Crippen molar-refractivity contribution in [3.63, 3.8) is 0 Å². The minimum absolute atomic E-state index is 0.0104. The molecule has 0 aliphatic heterocycles. The average Bonchev–Trinajstić information content (AvgIpc) is 2.54. The molecule has 8 heteroatoms. The maximum absolute atomic E-state index is 12.5. The first-order valence-electron chi connectivity index (χ1n) is 7.81. The summed E-state index contributed by atoms with van der Waals surface area (Å²) in [4.78, 5) is 23.7. The Morgan fingerprint density at radius 2 is 1.35 bits per heavy atom. The van der Waals surface area contributed by atoms with Crippen molar-refractivity contribution in [2.45, 2.75) is 26.1 Å². The molecule has 0 unspecified atom stereocenters. The third-order valence-corrected chi connectivity index (χ3v) is 3.29. The summed E-state index contributed by atoms with van der Waals surface area (Å²) in [7, 11) is 0. The van der Waals surface area contributed by atoms with Crippen LogP contribution in [-0.4, -0.2) is 18.0 Å². The highest BCUT2D eigenvalue weighted by Crippen LogP contribution is 2.29. The van der Waals surface area contributed by atoms with Crippen LogP contribution in [0.1, 0.15) is 29.8 Å². The summed E-state index contributed by atoms with van der Waals surface area (Å²) in [6, 6.07) is 9.93. The average molecular weight is 365 g/mol. The minimum Gasteiger partial charge on any atom is -0.336 e. The highest BCUT2D eigenvalue weighted by atomic mass is 19.4. The first kappa shape index (κ1) is 19.3. The zero-order chi connectivity index (χ0) is 19.3. The third-order valence-electron chi connectivity index (χ3n) is 3.29. The first-order chi connectivity index (χ1) is 12.1. The molecule has 5 nitrogen and oxygen atoms in total. The van der Waals surface area contributed by atoms with Gasteiger partial charge in [-0.2, -0.15) is 13.2 Å². The molecule has 0 aliphatic carbocycles. The van der Waals surface area contributed by atoms with E-state index in [0.717, 1.165) is 12.1 Å². The van der Waals surface area contributed by atoms with Crippen LogP contribution in [0.25, 0.3) is 0 Å². The molecule has 0 atom stereocenters. The molecule has 2 aromatic carbocycles. The Hall–Kier alpha value is -3.03. The molecule has 0 aromatic heterocycles. The van der Waals surface area contributed by atoms with E-state index in [9.17, 15) is 22.8 Å². The summed E-state index contributed by atoms with van der Waals surface area (Å²) < 4.78 is 37.6. The van der Waals surface area contributed by atoms with Crippen LogP contribution in [0.5, 0.6) is 0 Å². The van der Waals surface area contributed by atoms with Gasteiger partial charge in [-0.05, 0) is 62.4 Å².